The zero-order valence-corrected chi connectivity index (χ0v) is 10.3. The van der Waals surface area contributed by atoms with Crippen LogP contribution in [0.5, 0.6) is 0 Å². The van der Waals surface area contributed by atoms with Gasteiger partial charge in [-0.2, -0.15) is 0 Å². The maximum Gasteiger partial charge on any atom is 0.242 e. The van der Waals surface area contributed by atoms with Crippen LogP contribution < -0.4 is 5.73 Å². The molecular weight excluding hydrogens is 188 g/mol. The topological polar surface area (TPSA) is 46.3 Å². The summed E-state index contributed by atoms with van der Waals surface area (Å²) in [6, 6.07) is 0. The van der Waals surface area contributed by atoms with Crippen molar-refractivity contribution < 1.29 is 4.79 Å². The number of carbonyl (C=O) groups excluding carboxylic acids is 1. The quantitative estimate of drug-likeness (QED) is 0.775. The average Bonchev–Trinajstić information content (AvgIpc) is 2.28. The molecule has 1 saturated heterocycles. The standard InChI is InChI=1S/C12H24N2O/c1-4-12(13,5-2)11(15)14-8-6-10(3)7-9-14/h10H,4-9,13H2,1-3H3. The molecule has 1 aliphatic heterocycles. The fraction of sp³-hybridized carbons (Fsp3) is 0.917. The van der Waals surface area contributed by atoms with Gasteiger partial charge in [0.25, 0.3) is 0 Å². The Kier molecular flexibility index (Phi) is 4.14. The highest BCUT2D eigenvalue weighted by atomic mass is 16.2. The summed E-state index contributed by atoms with van der Waals surface area (Å²) < 4.78 is 0. The van der Waals surface area contributed by atoms with Crippen LogP contribution >= 0.6 is 0 Å². The van der Waals surface area contributed by atoms with Crippen molar-refractivity contribution in [1.29, 1.82) is 0 Å². The summed E-state index contributed by atoms with van der Waals surface area (Å²) in [6.07, 6.45) is 3.70. The summed E-state index contributed by atoms with van der Waals surface area (Å²) >= 11 is 0. The third-order valence-electron chi connectivity index (χ3n) is 3.76. The lowest BCUT2D eigenvalue weighted by molar-refractivity contribution is -0.138. The number of nitrogens with zero attached hydrogens (tertiary/aromatic N) is 1. The highest BCUT2D eigenvalue weighted by Crippen LogP contribution is 2.21. The monoisotopic (exact) mass is 212 g/mol. The molecule has 3 nitrogen and oxygen atoms in total. The molecule has 1 rings (SSSR count). The molecule has 88 valence electrons. The largest absolute Gasteiger partial charge is 0.341 e. The first-order valence-corrected chi connectivity index (χ1v) is 6.11. The Morgan fingerprint density at radius 1 is 1.33 bits per heavy atom. The number of amides is 1. The molecule has 15 heavy (non-hydrogen) atoms. The van der Waals surface area contributed by atoms with Crippen molar-refractivity contribution in [3.63, 3.8) is 0 Å². The van der Waals surface area contributed by atoms with E-state index in [1.807, 2.05) is 18.7 Å². The summed E-state index contributed by atoms with van der Waals surface area (Å²) in [5.74, 6) is 0.906. The van der Waals surface area contributed by atoms with Gasteiger partial charge in [0.15, 0.2) is 0 Å². The Labute approximate surface area is 93.0 Å². The van der Waals surface area contributed by atoms with Crippen molar-refractivity contribution in [1.82, 2.24) is 4.90 Å². The van der Waals surface area contributed by atoms with Crippen molar-refractivity contribution in [3.05, 3.63) is 0 Å². The lowest BCUT2D eigenvalue weighted by Gasteiger charge is -2.36. The SMILES string of the molecule is CCC(N)(CC)C(=O)N1CCC(C)CC1. The van der Waals surface area contributed by atoms with Crippen molar-refractivity contribution in [3.8, 4) is 0 Å². The number of hydrogen-bond donors (Lipinski definition) is 1. The van der Waals surface area contributed by atoms with Gasteiger partial charge in [-0.3, -0.25) is 4.79 Å². The summed E-state index contributed by atoms with van der Waals surface area (Å²) in [7, 11) is 0. The zero-order chi connectivity index (χ0) is 11.5. The van der Waals surface area contributed by atoms with E-state index in [9.17, 15) is 4.79 Å². The van der Waals surface area contributed by atoms with E-state index < -0.39 is 5.54 Å². The van der Waals surface area contributed by atoms with E-state index in [1.54, 1.807) is 0 Å². The molecule has 0 aromatic heterocycles. The third-order valence-corrected chi connectivity index (χ3v) is 3.76. The van der Waals surface area contributed by atoms with Gasteiger partial charge in [0.1, 0.15) is 0 Å². The Hall–Kier alpha value is -0.570. The van der Waals surface area contributed by atoms with Crippen LogP contribution in [0.4, 0.5) is 0 Å². The molecule has 0 bridgehead atoms. The second-order valence-corrected chi connectivity index (χ2v) is 4.84. The minimum absolute atomic E-state index is 0.152. The predicted molar refractivity (Wildman–Crippen MR) is 62.5 cm³/mol. The summed E-state index contributed by atoms with van der Waals surface area (Å²) in [6.45, 7) is 8.01. The van der Waals surface area contributed by atoms with Gasteiger partial charge in [0.2, 0.25) is 5.91 Å². The van der Waals surface area contributed by atoms with Crippen LogP contribution in [0.3, 0.4) is 0 Å². The molecule has 1 aliphatic rings. The highest BCUT2D eigenvalue weighted by molar-refractivity contribution is 5.86. The van der Waals surface area contributed by atoms with Crippen molar-refractivity contribution >= 4 is 5.91 Å². The minimum atomic E-state index is -0.624. The van der Waals surface area contributed by atoms with Crippen LogP contribution in [-0.2, 0) is 4.79 Å². The Balaban J connectivity index is 2.60. The van der Waals surface area contributed by atoms with Crippen LogP contribution in [0.15, 0.2) is 0 Å². The number of piperidine rings is 1. The molecule has 0 saturated carbocycles. The van der Waals surface area contributed by atoms with Gasteiger partial charge in [-0.05, 0) is 31.6 Å². The van der Waals surface area contributed by atoms with Gasteiger partial charge >= 0.3 is 0 Å². The first-order chi connectivity index (χ1) is 7.03. The predicted octanol–water partition coefficient (Wildman–Crippen LogP) is 1.76. The third kappa shape index (κ3) is 2.71. The van der Waals surface area contributed by atoms with Gasteiger partial charge < -0.3 is 10.6 Å². The van der Waals surface area contributed by atoms with Gasteiger partial charge in [-0.1, -0.05) is 20.8 Å². The molecule has 0 spiro atoms. The second-order valence-electron chi connectivity index (χ2n) is 4.84. The Bertz CT molecular complexity index is 216. The van der Waals surface area contributed by atoms with E-state index in [2.05, 4.69) is 6.92 Å². The van der Waals surface area contributed by atoms with Crippen LogP contribution in [-0.4, -0.2) is 29.4 Å². The number of nitrogens with two attached hydrogens (primary N) is 1. The first-order valence-electron chi connectivity index (χ1n) is 6.11. The molecule has 1 fully saturated rings. The van der Waals surface area contributed by atoms with Crippen molar-refractivity contribution in [2.75, 3.05) is 13.1 Å². The van der Waals surface area contributed by atoms with Gasteiger partial charge in [0.05, 0.1) is 5.54 Å². The normalized spacial score (nSPS) is 19.3. The zero-order valence-electron chi connectivity index (χ0n) is 10.3. The first kappa shape index (κ1) is 12.5. The summed E-state index contributed by atoms with van der Waals surface area (Å²) in [5, 5.41) is 0. The fourth-order valence-corrected chi connectivity index (χ4v) is 2.08. The molecular formula is C12H24N2O. The molecule has 3 heteroatoms. The van der Waals surface area contributed by atoms with E-state index in [0.717, 1.165) is 44.7 Å². The second kappa shape index (κ2) is 4.97. The maximum atomic E-state index is 12.2. The number of hydrogen-bond acceptors (Lipinski definition) is 2. The van der Waals surface area contributed by atoms with Gasteiger partial charge in [0, 0.05) is 13.1 Å². The molecule has 2 N–H and O–H groups in total. The lowest BCUT2D eigenvalue weighted by Crippen LogP contribution is -2.56. The number of rotatable bonds is 3. The van der Waals surface area contributed by atoms with Crippen molar-refractivity contribution in [2.45, 2.75) is 52.0 Å². The summed E-state index contributed by atoms with van der Waals surface area (Å²) in [5.41, 5.74) is 5.49. The lowest BCUT2D eigenvalue weighted by atomic mass is 9.90. The number of carbonyl (C=O) groups is 1. The van der Waals surface area contributed by atoms with E-state index >= 15 is 0 Å². The maximum absolute atomic E-state index is 12.2. The average molecular weight is 212 g/mol. The van der Waals surface area contributed by atoms with Gasteiger partial charge in [-0.15, -0.1) is 0 Å². The minimum Gasteiger partial charge on any atom is -0.341 e. The van der Waals surface area contributed by atoms with Crippen LogP contribution in [0.1, 0.15) is 46.5 Å². The molecule has 0 radical (unpaired) electrons. The summed E-state index contributed by atoms with van der Waals surface area (Å²) in [4.78, 5) is 14.1. The molecule has 1 amide bonds. The smallest absolute Gasteiger partial charge is 0.242 e. The van der Waals surface area contributed by atoms with Crippen LogP contribution in [0.25, 0.3) is 0 Å². The van der Waals surface area contributed by atoms with E-state index in [4.69, 9.17) is 5.73 Å². The van der Waals surface area contributed by atoms with Crippen molar-refractivity contribution in [2.24, 2.45) is 11.7 Å². The molecule has 0 aliphatic carbocycles. The highest BCUT2D eigenvalue weighted by Gasteiger charge is 2.34. The molecule has 0 aromatic carbocycles. The van der Waals surface area contributed by atoms with E-state index in [0.29, 0.717) is 0 Å². The fourth-order valence-electron chi connectivity index (χ4n) is 2.08. The van der Waals surface area contributed by atoms with Crippen LogP contribution in [0.2, 0.25) is 0 Å². The molecule has 0 aromatic rings. The Morgan fingerprint density at radius 2 is 1.80 bits per heavy atom. The van der Waals surface area contributed by atoms with Gasteiger partial charge in [-0.25, -0.2) is 0 Å². The molecule has 0 unspecified atom stereocenters. The molecule has 1 heterocycles. The molecule has 0 atom stereocenters. The van der Waals surface area contributed by atoms with E-state index in [1.165, 1.54) is 0 Å². The van der Waals surface area contributed by atoms with E-state index in [-0.39, 0.29) is 5.91 Å². The van der Waals surface area contributed by atoms with Crippen LogP contribution in [0, 0.1) is 5.92 Å². The number of likely N-dealkylation sites (tertiary alicyclic amines) is 1. The Morgan fingerprint density at radius 3 is 2.20 bits per heavy atom.